The van der Waals surface area contributed by atoms with Crippen LogP contribution in [-0.2, 0) is 11.8 Å². The minimum Gasteiger partial charge on any atom is -0.493 e. The monoisotopic (exact) mass is 360 g/mol. The molecule has 2 rings (SSSR count). The number of anilines is 1. The number of amides is 1. The van der Waals surface area contributed by atoms with Gasteiger partial charge in [-0.2, -0.15) is 0 Å². The van der Waals surface area contributed by atoms with Gasteiger partial charge in [-0.15, -0.1) is 0 Å². The van der Waals surface area contributed by atoms with E-state index in [9.17, 15) is 14.4 Å². The lowest BCUT2D eigenvalue weighted by Crippen LogP contribution is -2.18. The predicted molar refractivity (Wildman–Crippen MR) is 94.3 cm³/mol. The quantitative estimate of drug-likeness (QED) is 0.627. The maximum Gasteiger partial charge on any atom is 0.340 e. The highest BCUT2D eigenvalue weighted by Gasteiger charge is 2.21. The van der Waals surface area contributed by atoms with Gasteiger partial charge < -0.3 is 24.1 Å². The van der Waals surface area contributed by atoms with Crippen LogP contribution < -0.4 is 14.8 Å². The minimum atomic E-state index is -0.641. The number of methoxy groups -OCH3 is 3. The Bertz CT molecular complexity index is 869. The molecule has 0 radical (unpaired) electrons. The van der Waals surface area contributed by atoms with Crippen LogP contribution in [0.3, 0.4) is 0 Å². The zero-order valence-corrected chi connectivity index (χ0v) is 15.2. The summed E-state index contributed by atoms with van der Waals surface area (Å²) in [6.45, 7) is 1.42. The summed E-state index contributed by atoms with van der Waals surface area (Å²) < 4.78 is 16.7. The fourth-order valence-electron chi connectivity index (χ4n) is 2.43. The van der Waals surface area contributed by atoms with Gasteiger partial charge >= 0.3 is 5.97 Å². The summed E-state index contributed by atoms with van der Waals surface area (Å²) in [5, 5.41) is 2.65. The first-order valence-electron chi connectivity index (χ1n) is 7.65. The number of nitrogens with zero attached hydrogens (tertiary/aromatic N) is 1. The molecular weight excluding hydrogens is 340 g/mol. The van der Waals surface area contributed by atoms with Crippen molar-refractivity contribution in [1.29, 1.82) is 0 Å². The molecule has 8 heteroatoms. The van der Waals surface area contributed by atoms with Gasteiger partial charge in [-0.05, 0) is 13.0 Å². The van der Waals surface area contributed by atoms with E-state index >= 15 is 0 Å². The molecule has 0 aliphatic rings. The highest BCUT2D eigenvalue weighted by Crippen LogP contribution is 2.34. The van der Waals surface area contributed by atoms with Crippen molar-refractivity contribution < 1.29 is 28.6 Å². The minimum absolute atomic E-state index is 0.111. The van der Waals surface area contributed by atoms with Gasteiger partial charge in [0.05, 0.1) is 32.6 Å². The van der Waals surface area contributed by atoms with Gasteiger partial charge in [0.15, 0.2) is 17.3 Å². The first-order valence-corrected chi connectivity index (χ1v) is 7.65. The van der Waals surface area contributed by atoms with Crippen LogP contribution in [0.4, 0.5) is 5.69 Å². The Morgan fingerprint density at radius 3 is 2.12 bits per heavy atom. The summed E-state index contributed by atoms with van der Waals surface area (Å²) in [6.07, 6.45) is 1.56. The van der Waals surface area contributed by atoms with E-state index in [2.05, 4.69) is 5.32 Å². The standard InChI is InChI=1S/C18H20N2O6/c1-10(21)11-6-14(20(2)9-11)17(22)19-13-8-16(25-4)15(24-3)7-12(13)18(23)26-5/h6-9H,1-5H3,(H,19,22). The van der Waals surface area contributed by atoms with Crippen molar-refractivity contribution in [2.45, 2.75) is 6.92 Å². The van der Waals surface area contributed by atoms with Crippen molar-refractivity contribution in [3.05, 3.63) is 41.2 Å². The fourth-order valence-corrected chi connectivity index (χ4v) is 2.43. The molecular formula is C18H20N2O6. The molecule has 0 fully saturated rings. The second-order valence-electron chi connectivity index (χ2n) is 5.48. The van der Waals surface area contributed by atoms with E-state index in [1.807, 2.05) is 0 Å². The Hall–Kier alpha value is -3.29. The Kier molecular flexibility index (Phi) is 5.66. The predicted octanol–water partition coefficient (Wildman–Crippen LogP) is 2.28. The fraction of sp³-hybridized carbons (Fsp3) is 0.278. The molecule has 8 nitrogen and oxygen atoms in total. The highest BCUT2D eigenvalue weighted by molar-refractivity contribution is 6.09. The molecule has 0 saturated carbocycles. The average Bonchev–Trinajstić information content (AvgIpc) is 3.02. The molecule has 2 aromatic rings. The number of hydrogen-bond acceptors (Lipinski definition) is 6. The maximum atomic E-state index is 12.6. The normalized spacial score (nSPS) is 10.2. The third kappa shape index (κ3) is 3.69. The lowest BCUT2D eigenvalue weighted by atomic mass is 10.1. The second-order valence-corrected chi connectivity index (χ2v) is 5.48. The number of hydrogen-bond donors (Lipinski definition) is 1. The van der Waals surface area contributed by atoms with Crippen molar-refractivity contribution >= 4 is 23.3 Å². The Balaban J connectivity index is 2.45. The second kappa shape index (κ2) is 7.73. The number of ketones is 1. The molecule has 138 valence electrons. The molecule has 1 amide bonds. The molecule has 0 unspecified atom stereocenters. The SMILES string of the molecule is COC(=O)c1cc(OC)c(OC)cc1NC(=O)c1cc(C(C)=O)cn1C. The van der Waals surface area contributed by atoms with Crippen LogP contribution in [0.2, 0.25) is 0 Å². The number of benzene rings is 1. The van der Waals surface area contributed by atoms with E-state index in [0.29, 0.717) is 17.1 Å². The Morgan fingerprint density at radius 1 is 1.00 bits per heavy atom. The molecule has 0 bridgehead atoms. The summed E-state index contributed by atoms with van der Waals surface area (Å²) >= 11 is 0. The summed E-state index contributed by atoms with van der Waals surface area (Å²) in [5.74, 6) is -0.619. The maximum absolute atomic E-state index is 12.6. The van der Waals surface area contributed by atoms with E-state index < -0.39 is 11.9 Å². The van der Waals surface area contributed by atoms with Gasteiger partial charge in [0.2, 0.25) is 0 Å². The first kappa shape index (κ1) is 19.0. The number of nitrogens with one attached hydrogen (secondary N) is 1. The number of aromatic nitrogens is 1. The number of ether oxygens (including phenoxy) is 3. The van der Waals surface area contributed by atoms with Crippen LogP contribution in [-0.4, -0.2) is 43.6 Å². The molecule has 1 heterocycles. The van der Waals surface area contributed by atoms with Gasteiger partial charge in [-0.1, -0.05) is 0 Å². The topological polar surface area (TPSA) is 95.9 Å². The first-order chi connectivity index (χ1) is 12.3. The zero-order valence-electron chi connectivity index (χ0n) is 15.2. The molecule has 26 heavy (non-hydrogen) atoms. The van der Waals surface area contributed by atoms with Crippen molar-refractivity contribution in [2.24, 2.45) is 7.05 Å². The number of carbonyl (C=O) groups excluding carboxylic acids is 3. The molecule has 1 aromatic heterocycles. The highest BCUT2D eigenvalue weighted by atomic mass is 16.5. The number of rotatable bonds is 6. The Morgan fingerprint density at radius 2 is 1.62 bits per heavy atom. The van der Waals surface area contributed by atoms with Crippen LogP contribution in [0.15, 0.2) is 24.4 Å². The van der Waals surface area contributed by atoms with Crippen molar-refractivity contribution in [3.63, 3.8) is 0 Å². The third-order valence-electron chi connectivity index (χ3n) is 3.82. The summed E-state index contributed by atoms with van der Waals surface area (Å²) in [4.78, 5) is 36.2. The van der Waals surface area contributed by atoms with Crippen LogP contribution in [0.1, 0.15) is 38.1 Å². The Labute approximate surface area is 150 Å². The molecule has 0 spiro atoms. The van der Waals surface area contributed by atoms with E-state index in [0.717, 1.165) is 0 Å². The van der Waals surface area contributed by atoms with Gasteiger partial charge in [0, 0.05) is 30.9 Å². The molecule has 1 aromatic carbocycles. The smallest absolute Gasteiger partial charge is 0.340 e. The van der Waals surface area contributed by atoms with Crippen molar-refractivity contribution in [2.75, 3.05) is 26.6 Å². The van der Waals surface area contributed by atoms with Crippen LogP contribution in [0.5, 0.6) is 11.5 Å². The van der Waals surface area contributed by atoms with Crippen LogP contribution >= 0.6 is 0 Å². The molecule has 0 saturated heterocycles. The third-order valence-corrected chi connectivity index (χ3v) is 3.82. The molecule has 0 aliphatic heterocycles. The van der Waals surface area contributed by atoms with Gasteiger partial charge in [-0.25, -0.2) is 4.79 Å². The van der Waals surface area contributed by atoms with Gasteiger partial charge in [-0.3, -0.25) is 9.59 Å². The van der Waals surface area contributed by atoms with Gasteiger partial charge in [0.25, 0.3) is 5.91 Å². The van der Waals surface area contributed by atoms with Crippen molar-refractivity contribution in [1.82, 2.24) is 4.57 Å². The molecule has 0 aliphatic carbocycles. The largest absolute Gasteiger partial charge is 0.493 e. The lowest BCUT2D eigenvalue weighted by molar-refractivity contribution is 0.0601. The number of carbonyl (C=O) groups is 3. The van der Waals surface area contributed by atoms with E-state index in [-0.39, 0.29) is 22.7 Å². The molecule has 1 N–H and O–H groups in total. The summed E-state index contributed by atoms with van der Waals surface area (Å²) in [6, 6.07) is 4.38. The van der Waals surface area contributed by atoms with Crippen LogP contribution in [0.25, 0.3) is 0 Å². The number of esters is 1. The summed E-state index contributed by atoms with van der Waals surface area (Å²) in [5.41, 5.74) is 0.989. The van der Waals surface area contributed by atoms with Gasteiger partial charge in [0.1, 0.15) is 5.69 Å². The molecule has 0 atom stereocenters. The van der Waals surface area contributed by atoms with Crippen LogP contribution in [0, 0.1) is 0 Å². The summed E-state index contributed by atoms with van der Waals surface area (Å²) in [7, 11) is 5.76. The van der Waals surface area contributed by atoms with Crippen molar-refractivity contribution in [3.8, 4) is 11.5 Å². The average molecular weight is 360 g/mol. The number of Topliss-reactive ketones (excluding diaryl/α,β-unsaturated/α-hetero) is 1. The zero-order chi connectivity index (χ0) is 19.4. The lowest BCUT2D eigenvalue weighted by Gasteiger charge is -2.14. The van der Waals surface area contributed by atoms with E-state index in [1.165, 1.54) is 51.0 Å². The number of aryl methyl sites for hydroxylation is 1. The van der Waals surface area contributed by atoms with E-state index in [4.69, 9.17) is 14.2 Å². The van der Waals surface area contributed by atoms with E-state index in [1.54, 1.807) is 13.2 Å².